The van der Waals surface area contributed by atoms with Crippen molar-refractivity contribution >= 4 is 0 Å². The smallest absolute Gasteiger partial charge is 0.0309 e. The summed E-state index contributed by atoms with van der Waals surface area (Å²) in [5.41, 5.74) is 0.466. The van der Waals surface area contributed by atoms with Gasteiger partial charge < -0.3 is 5.32 Å². The molecule has 3 rings (SSSR count). The van der Waals surface area contributed by atoms with Crippen LogP contribution in [0.5, 0.6) is 0 Å². The number of hydrogen-bond acceptors (Lipinski definition) is 2. The highest BCUT2D eigenvalue weighted by Crippen LogP contribution is 2.39. The number of nitrogens with zero attached hydrogens (tertiary/aromatic N) is 1. The highest BCUT2D eigenvalue weighted by atomic mass is 15.3. The SMILES string of the molecule is CC1CCC(N2CC3(CCCC3)NCC2C(C)C)C(C)C1. The predicted octanol–water partition coefficient (Wildman–Crippen LogP) is 4.05. The molecule has 0 amide bonds. The molecule has 0 bridgehead atoms. The molecule has 122 valence electrons. The fourth-order valence-electron chi connectivity index (χ4n) is 5.47. The minimum atomic E-state index is 0.466. The van der Waals surface area contributed by atoms with Gasteiger partial charge in [-0.1, -0.05) is 40.5 Å². The monoisotopic (exact) mass is 292 g/mol. The molecule has 0 radical (unpaired) electrons. The zero-order chi connectivity index (χ0) is 15.0. The van der Waals surface area contributed by atoms with Gasteiger partial charge in [0.05, 0.1) is 0 Å². The largest absolute Gasteiger partial charge is 0.308 e. The predicted molar refractivity (Wildman–Crippen MR) is 90.5 cm³/mol. The molecule has 3 aliphatic rings. The summed E-state index contributed by atoms with van der Waals surface area (Å²) in [5, 5.41) is 3.98. The van der Waals surface area contributed by atoms with Gasteiger partial charge in [-0.05, 0) is 49.9 Å². The molecular formula is C19H36N2. The third kappa shape index (κ3) is 3.17. The minimum Gasteiger partial charge on any atom is -0.308 e. The van der Waals surface area contributed by atoms with Crippen molar-refractivity contribution in [2.24, 2.45) is 17.8 Å². The van der Waals surface area contributed by atoms with Crippen LogP contribution in [-0.4, -0.2) is 35.6 Å². The van der Waals surface area contributed by atoms with Gasteiger partial charge in [-0.3, -0.25) is 4.90 Å². The normalized spacial score (nSPS) is 41.0. The zero-order valence-electron chi connectivity index (χ0n) is 14.7. The van der Waals surface area contributed by atoms with Gasteiger partial charge in [0.15, 0.2) is 0 Å². The fourth-order valence-corrected chi connectivity index (χ4v) is 5.47. The average Bonchev–Trinajstić information content (AvgIpc) is 2.86. The summed E-state index contributed by atoms with van der Waals surface area (Å²) >= 11 is 0. The van der Waals surface area contributed by atoms with E-state index in [1.54, 1.807) is 0 Å². The Morgan fingerprint density at radius 2 is 1.81 bits per heavy atom. The zero-order valence-corrected chi connectivity index (χ0v) is 14.7. The quantitative estimate of drug-likeness (QED) is 0.826. The van der Waals surface area contributed by atoms with E-state index in [2.05, 4.69) is 37.9 Å². The van der Waals surface area contributed by atoms with Crippen molar-refractivity contribution in [1.82, 2.24) is 10.2 Å². The van der Waals surface area contributed by atoms with Crippen molar-refractivity contribution in [3.05, 3.63) is 0 Å². The van der Waals surface area contributed by atoms with Crippen LogP contribution in [-0.2, 0) is 0 Å². The molecule has 1 saturated heterocycles. The molecule has 0 aromatic rings. The molecule has 2 saturated carbocycles. The first-order valence-electron chi connectivity index (χ1n) is 9.51. The lowest BCUT2D eigenvalue weighted by atomic mass is 9.76. The lowest BCUT2D eigenvalue weighted by molar-refractivity contribution is -0.0152. The summed E-state index contributed by atoms with van der Waals surface area (Å²) < 4.78 is 0. The van der Waals surface area contributed by atoms with E-state index >= 15 is 0 Å². The number of hydrogen-bond donors (Lipinski definition) is 1. The fraction of sp³-hybridized carbons (Fsp3) is 1.00. The van der Waals surface area contributed by atoms with Crippen LogP contribution in [0.4, 0.5) is 0 Å². The molecule has 0 aromatic carbocycles. The van der Waals surface area contributed by atoms with Gasteiger partial charge in [0, 0.05) is 30.7 Å². The first-order chi connectivity index (χ1) is 10.0. The molecule has 2 heteroatoms. The van der Waals surface area contributed by atoms with E-state index in [0.29, 0.717) is 5.54 Å². The highest BCUT2D eigenvalue weighted by molar-refractivity contribution is 5.04. The van der Waals surface area contributed by atoms with Crippen molar-refractivity contribution in [3.8, 4) is 0 Å². The third-order valence-electron chi connectivity index (χ3n) is 6.74. The van der Waals surface area contributed by atoms with Gasteiger partial charge in [-0.15, -0.1) is 0 Å². The second kappa shape index (κ2) is 6.20. The lowest BCUT2D eigenvalue weighted by Gasteiger charge is -2.53. The Morgan fingerprint density at radius 1 is 1.10 bits per heavy atom. The van der Waals surface area contributed by atoms with Gasteiger partial charge in [0.1, 0.15) is 0 Å². The molecule has 2 nitrogen and oxygen atoms in total. The topological polar surface area (TPSA) is 15.3 Å². The van der Waals surface area contributed by atoms with Crippen molar-refractivity contribution < 1.29 is 0 Å². The molecule has 1 spiro atoms. The van der Waals surface area contributed by atoms with Gasteiger partial charge >= 0.3 is 0 Å². The van der Waals surface area contributed by atoms with Gasteiger partial charge in [-0.2, -0.15) is 0 Å². The molecule has 2 aliphatic carbocycles. The van der Waals surface area contributed by atoms with E-state index in [0.717, 1.165) is 29.8 Å². The summed E-state index contributed by atoms with van der Waals surface area (Å²) in [5.74, 6) is 2.59. The van der Waals surface area contributed by atoms with Crippen molar-refractivity contribution in [2.45, 2.75) is 90.3 Å². The second-order valence-electron chi connectivity index (χ2n) is 8.81. The number of rotatable bonds is 2. The van der Waals surface area contributed by atoms with E-state index in [1.165, 1.54) is 58.0 Å². The van der Waals surface area contributed by atoms with Crippen LogP contribution in [0.1, 0.15) is 72.6 Å². The Balaban J connectivity index is 1.77. The summed E-state index contributed by atoms with van der Waals surface area (Å²) in [4.78, 5) is 2.96. The maximum absolute atomic E-state index is 3.98. The highest BCUT2D eigenvalue weighted by Gasteiger charge is 2.45. The Bertz CT molecular complexity index is 345. The summed E-state index contributed by atoms with van der Waals surface area (Å²) in [6.07, 6.45) is 10.00. The Labute approximate surface area is 132 Å². The first-order valence-corrected chi connectivity index (χ1v) is 9.51. The van der Waals surface area contributed by atoms with E-state index in [-0.39, 0.29) is 0 Å². The summed E-state index contributed by atoms with van der Waals surface area (Å²) in [7, 11) is 0. The molecule has 1 N–H and O–H groups in total. The van der Waals surface area contributed by atoms with E-state index in [1.807, 2.05) is 0 Å². The van der Waals surface area contributed by atoms with Crippen LogP contribution < -0.4 is 5.32 Å². The molecule has 0 aromatic heterocycles. The second-order valence-corrected chi connectivity index (χ2v) is 8.81. The first kappa shape index (κ1) is 15.8. The van der Waals surface area contributed by atoms with Crippen LogP contribution in [0.3, 0.4) is 0 Å². The molecular weight excluding hydrogens is 256 g/mol. The summed E-state index contributed by atoms with van der Waals surface area (Å²) in [6, 6.07) is 1.59. The molecule has 4 unspecified atom stereocenters. The van der Waals surface area contributed by atoms with Gasteiger partial charge in [0.25, 0.3) is 0 Å². The number of nitrogens with one attached hydrogen (secondary N) is 1. The number of piperazine rings is 1. The van der Waals surface area contributed by atoms with Gasteiger partial charge in [-0.25, -0.2) is 0 Å². The van der Waals surface area contributed by atoms with E-state index in [4.69, 9.17) is 0 Å². The molecule has 21 heavy (non-hydrogen) atoms. The maximum Gasteiger partial charge on any atom is 0.0309 e. The molecule has 4 atom stereocenters. The standard InChI is InChI=1S/C19H36N2/c1-14(2)18-12-20-19(9-5-6-10-19)13-21(18)17-8-7-15(3)11-16(17)4/h14-18,20H,5-13H2,1-4H3. The average molecular weight is 293 g/mol. The van der Waals surface area contributed by atoms with Crippen LogP contribution in [0.15, 0.2) is 0 Å². The molecule has 3 fully saturated rings. The van der Waals surface area contributed by atoms with Crippen LogP contribution in [0.2, 0.25) is 0 Å². The van der Waals surface area contributed by atoms with Crippen molar-refractivity contribution in [1.29, 1.82) is 0 Å². The van der Waals surface area contributed by atoms with Crippen LogP contribution in [0, 0.1) is 17.8 Å². The maximum atomic E-state index is 3.98. The van der Waals surface area contributed by atoms with Crippen molar-refractivity contribution in [3.63, 3.8) is 0 Å². The van der Waals surface area contributed by atoms with Crippen molar-refractivity contribution in [2.75, 3.05) is 13.1 Å². The summed E-state index contributed by atoms with van der Waals surface area (Å²) in [6.45, 7) is 12.3. The minimum absolute atomic E-state index is 0.466. The third-order valence-corrected chi connectivity index (χ3v) is 6.74. The van der Waals surface area contributed by atoms with Gasteiger partial charge in [0.2, 0.25) is 0 Å². The molecule has 1 heterocycles. The van der Waals surface area contributed by atoms with E-state index < -0.39 is 0 Å². The Morgan fingerprint density at radius 3 is 2.43 bits per heavy atom. The lowest BCUT2D eigenvalue weighted by Crippen LogP contribution is -2.67. The Kier molecular flexibility index (Phi) is 4.66. The Hall–Kier alpha value is -0.0800. The van der Waals surface area contributed by atoms with Crippen LogP contribution >= 0.6 is 0 Å². The molecule has 1 aliphatic heterocycles. The van der Waals surface area contributed by atoms with E-state index in [9.17, 15) is 0 Å². The van der Waals surface area contributed by atoms with Crippen LogP contribution in [0.25, 0.3) is 0 Å².